The van der Waals surface area contributed by atoms with Gasteiger partial charge < -0.3 is 5.11 Å². The summed E-state index contributed by atoms with van der Waals surface area (Å²) >= 11 is 1.58. The van der Waals surface area contributed by atoms with Crippen molar-refractivity contribution in [2.75, 3.05) is 0 Å². The molecule has 2 heterocycles. The molecule has 0 bridgehead atoms. The number of rotatable bonds is 5. The normalized spacial score (nSPS) is 11.2. The predicted octanol–water partition coefficient (Wildman–Crippen LogP) is 1.99. The van der Waals surface area contributed by atoms with Crippen molar-refractivity contribution >= 4 is 17.3 Å². The van der Waals surface area contributed by atoms with Gasteiger partial charge in [-0.25, -0.2) is 14.5 Å². The van der Waals surface area contributed by atoms with Crippen LogP contribution in [0.15, 0.2) is 6.20 Å². The zero-order valence-corrected chi connectivity index (χ0v) is 11.9. The van der Waals surface area contributed by atoms with Crippen molar-refractivity contribution in [1.29, 1.82) is 0 Å². The number of aromatic carboxylic acids is 1. The molecule has 0 spiro atoms. The van der Waals surface area contributed by atoms with Crippen LogP contribution >= 0.6 is 11.3 Å². The van der Waals surface area contributed by atoms with Gasteiger partial charge in [-0.2, -0.15) is 0 Å². The SMILES string of the molecule is Cc1ncc(Cn2nnc(C(=O)O)c2CC(C)C)s1. The molecule has 2 rings (SSSR count). The molecule has 0 aromatic carbocycles. The molecule has 6 nitrogen and oxygen atoms in total. The van der Waals surface area contributed by atoms with E-state index in [0.29, 0.717) is 24.6 Å². The highest BCUT2D eigenvalue weighted by Gasteiger charge is 2.20. The Bertz CT molecular complexity index is 588. The fraction of sp³-hybridized carbons (Fsp3) is 0.500. The molecule has 0 saturated carbocycles. The maximum atomic E-state index is 11.1. The average molecular weight is 280 g/mol. The quantitative estimate of drug-likeness (QED) is 0.905. The summed E-state index contributed by atoms with van der Waals surface area (Å²) in [7, 11) is 0. The smallest absolute Gasteiger partial charge is 0.358 e. The van der Waals surface area contributed by atoms with Crippen LogP contribution in [0.4, 0.5) is 0 Å². The first kappa shape index (κ1) is 13.7. The third-order valence-electron chi connectivity index (χ3n) is 2.62. The molecule has 1 N–H and O–H groups in total. The molecular weight excluding hydrogens is 264 g/mol. The fourth-order valence-corrected chi connectivity index (χ4v) is 2.62. The van der Waals surface area contributed by atoms with E-state index in [-0.39, 0.29) is 5.69 Å². The summed E-state index contributed by atoms with van der Waals surface area (Å²) in [6.07, 6.45) is 2.44. The summed E-state index contributed by atoms with van der Waals surface area (Å²) in [4.78, 5) is 16.4. The van der Waals surface area contributed by atoms with Gasteiger partial charge >= 0.3 is 5.97 Å². The molecule has 0 aliphatic carbocycles. The fourth-order valence-electron chi connectivity index (χ4n) is 1.84. The number of nitrogens with zero attached hydrogens (tertiary/aromatic N) is 4. The standard InChI is InChI=1S/C12H16N4O2S/c1-7(2)4-10-11(12(17)18)14-15-16(10)6-9-5-13-8(3)19-9/h5,7H,4,6H2,1-3H3,(H,17,18). The van der Waals surface area contributed by atoms with Gasteiger partial charge in [-0.05, 0) is 19.3 Å². The van der Waals surface area contributed by atoms with Gasteiger partial charge in [0.15, 0.2) is 5.69 Å². The maximum Gasteiger partial charge on any atom is 0.358 e. The van der Waals surface area contributed by atoms with Crippen molar-refractivity contribution in [3.63, 3.8) is 0 Å². The molecule has 19 heavy (non-hydrogen) atoms. The Morgan fingerprint density at radius 1 is 1.53 bits per heavy atom. The Morgan fingerprint density at radius 3 is 2.79 bits per heavy atom. The Morgan fingerprint density at radius 2 is 2.26 bits per heavy atom. The summed E-state index contributed by atoms with van der Waals surface area (Å²) in [5, 5.41) is 17.9. The van der Waals surface area contributed by atoms with Gasteiger partial charge in [0.05, 0.1) is 17.2 Å². The number of carboxylic acids is 1. The molecule has 0 atom stereocenters. The van der Waals surface area contributed by atoms with E-state index in [1.807, 2.05) is 20.8 Å². The number of carbonyl (C=O) groups is 1. The van der Waals surface area contributed by atoms with E-state index >= 15 is 0 Å². The van der Waals surface area contributed by atoms with Gasteiger partial charge in [0.1, 0.15) is 0 Å². The van der Waals surface area contributed by atoms with Crippen LogP contribution in [0.25, 0.3) is 0 Å². The molecule has 2 aromatic rings. The molecule has 2 aromatic heterocycles. The molecule has 0 unspecified atom stereocenters. The molecule has 0 aliphatic rings. The third-order valence-corrected chi connectivity index (χ3v) is 3.51. The minimum Gasteiger partial charge on any atom is -0.476 e. The highest BCUT2D eigenvalue weighted by atomic mass is 32.1. The highest BCUT2D eigenvalue weighted by molar-refractivity contribution is 7.11. The van der Waals surface area contributed by atoms with Gasteiger partial charge in [-0.3, -0.25) is 0 Å². The lowest BCUT2D eigenvalue weighted by atomic mass is 10.1. The van der Waals surface area contributed by atoms with Crippen LogP contribution in [0.5, 0.6) is 0 Å². The zero-order chi connectivity index (χ0) is 14.0. The Hall–Kier alpha value is -1.76. The molecule has 0 aliphatic heterocycles. The van der Waals surface area contributed by atoms with E-state index in [0.717, 1.165) is 9.88 Å². The number of carboxylic acid groups (broad SMARTS) is 1. The zero-order valence-electron chi connectivity index (χ0n) is 11.1. The maximum absolute atomic E-state index is 11.1. The summed E-state index contributed by atoms with van der Waals surface area (Å²) < 4.78 is 1.66. The van der Waals surface area contributed by atoms with Gasteiger partial charge in [0.25, 0.3) is 0 Å². The Balaban J connectivity index is 2.31. The number of aryl methyl sites for hydroxylation is 1. The van der Waals surface area contributed by atoms with Gasteiger partial charge in [0.2, 0.25) is 0 Å². The van der Waals surface area contributed by atoms with Crippen LogP contribution in [-0.4, -0.2) is 31.1 Å². The van der Waals surface area contributed by atoms with Gasteiger partial charge in [-0.1, -0.05) is 19.1 Å². The van der Waals surface area contributed by atoms with Crippen molar-refractivity contribution in [2.24, 2.45) is 5.92 Å². The van der Waals surface area contributed by atoms with Crippen LogP contribution in [0.3, 0.4) is 0 Å². The van der Waals surface area contributed by atoms with Crippen LogP contribution in [0, 0.1) is 12.8 Å². The largest absolute Gasteiger partial charge is 0.476 e. The van der Waals surface area contributed by atoms with E-state index in [1.54, 1.807) is 22.2 Å². The first-order valence-electron chi connectivity index (χ1n) is 6.04. The summed E-state index contributed by atoms with van der Waals surface area (Å²) in [6, 6.07) is 0. The van der Waals surface area contributed by atoms with Crippen molar-refractivity contribution < 1.29 is 9.90 Å². The Kier molecular flexibility index (Phi) is 3.94. The molecule has 0 fully saturated rings. The lowest BCUT2D eigenvalue weighted by Gasteiger charge is -2.08. The molecule has 0 saturated heterocycles. The van der Waals surface area contributed by atoms with Crippen LogP contribution in [-0.2, 0) is 13.0 Å². The van der Waals surface area contributed by atoms with Crippen LogP contribution < -0.4 is 0 Å². The second-order valence-electron chi connectivity index (χ2n) is 4.79. The summed E-state index contributed by atoms with van der Waals surface area (Å²) in [5.41, 5.74) is 0.725. The second-order valence-corrected chi connectivity index (χ2v) is 6.11. The number of hydrogen-bond donors (Lipinski definition) is 1. The van der Waals surface area contributed by atoms with E-state index in [9.17, 15) is 4.79 Å². The monoisotopic (exact) mass is 280 g/mol. The van der Waals surface area contributed by atoms with E-state index < -0.39 is 5.97 Å². The van der Waals surface area contributed by atoms with Crippen LogP contribution in [0.1, 0.15) is 39.9 Å². The van der Waals surface area contributed by atoms with Crippen molar-refractivity contribution in [1.82, 2.24) is 20.0 Å². The minimum absolute atomic E-state index is 0.0509. The van der Waals surface area contributed by atoms with Crippen molar-refractivity contribution in [3.8, 4) is 0 Å². The molecule has 7 heteroatoms. The predicted molar refractivity (Wildman–Crippen MR) is 71.5 cm³/mol. The molecule has 102 valence electrons. The van der Waals surface area contributed by atoms with Gasteiger partial charge in [-0.15, -0.1) is 16.4 Å². The van der Waals surface area contributed by atoms with E-state index in [1.165, 1.54) is 0 Å². The van der Waals surface area contributed by atoms with Crippen molar-refractivity contribution in [2.45, 2.75) is 33.7 Å². The average Bonchev–Trinajstić information content (AvgIpc) is 2.87. The lowest BCUT2D eigenvalue weighted by Crippen LogP contribution is -2.11. The topological polar surface area (TPSA) is 80.9 Å². The van der Waals surface area contributed by atoms with Crippen molar-refractivity contribution in [3.05, 3.63) is 27.5 Å². The van der Waals surface area contributed by atoms with Gasteiger partial charge in [0, 0.05) is 11.1 Å². The molecule has 0 amide bonds. The molecule has 0 radical (unpaired) electrons. The number of thiazole rings is 1. The first-order valence-corrected chi connectivity index (χ1v) is 6.86. The summed E-state index contributed by atoms with van der Waals surface area (Å²) in [5.74, 6) is -0.680. The number of hydrogen-bond acceptors (Lipinski definition) is 5. The lowest BCUT2D eigenvalue weighted by molar-refractivity contribution is 0.0689. The Labute approximate surface area is 115 Å². The minimum atomic E-state index is -1.03. The third kappa shape index (κ3) is 3.17. The van der Waals surface area contributed by atoms with E-state index in [2.05, 4.69) is 15.3 Å². The van der Waals surface area contributed by atoms with Crippen LogP contribution in [0.2, 0.25) is 0 Å². The van der Waals surface area contributed by atoms with E-state index in [4.69, 9.17) is 5.11 Å². The summed E-state index contributed by atoms with van der Waals surface area (Å²) in [6.45, 7) is 6.54. The highest BCUT2D eigenvalue weighted by Crippen LogP contribution is 2.17. The first-order chi connectivity index (χ1) is 8.97. The second kappa shape index (κ2) is 5.48. The molecular formula is C12H16N4O2S. The number of aromatic nitrogens is 4.